The van der Waals surface area contributed by atoms with Gasteiger partial charge in [-0.05, 0) is 50.9 Å². The van der Waals surface area contributed by atoms with Crippen molar-refractivity contribution in [1.82, 2.24) is 4.57 Å². The number of benzene rings is 5. The second-order valence-corrected chi connectivity index (χ2v) is 11.6. The first-order valence-electron chi connectivity index (χ1n) is 13.9. The van der Waals surface area contributed by atoms with Gasteiger partial charge >= 0.3 is 0 Å². The number of hydrogen-bond acceptors (Lipinski definition) is 1. The normalized spacial score (nSPS) is 19.4. The first-order chi connectivity index (χ1) is 19.1. The molecule has 0 saturated heterocycles. The van der Waals surface area contributed by atoms with Crippen molar-refractivity contribution in [2.24, 2.45) is 10.9 Å². The minimum absolute atomic E-state index is 0.0429. The van der Waals surface area contributed by atoms with Crippen LogP contribution in [-0.2, 0) is 5.41 Å². The number of para-hydroxylation sites is 1. The summed E-state index contributed by atoms with van der Waals surface area (Å²) in [6.07, 6.45) is 4.17. The number of nitrogens with zero attached hydrogens (tertiary/aromatic N) is 2. The van der Waals surface area contributed by atoms with E-state index in [0.717, 1.165) is 0 Å². The van der Waals surface area contributed by atoms with Crippen molar-refractivity contribution in [3.05, 3.63) is 126 Å². The predicted molar refractivity (Wildman–Crippen MR) is 166 cm³/mol. The Morgan fingerprint density at radius 3 is 2.21 bits per heavy atom. The number of dihydropyridines is 1. The van der Waals surface area contributed by atoms with Gasteiger partial charge in [0.1, 0.15) is 6.17 Å². The van der Waals surface area contributed by atoms with Crippen LogP contribution in [0, 0.1) is 5.92 Å². The summed E-state index contributed by atoms with van der Waals surface area (Å²) in [5.74, 6) is 0.215. The Kier molecular flexibility index (Phi) is 4.65. The molecule has 39 heavy (non-hydrogen) atoms. The van der Waals surface area contributed by atoms with Gasteiger partial charge in [0.2, 0.25) is 0 Å². The zero-order chi connectivity index (χ0) is 26.3. The largest absolute Gasteiger partial charge is 0.316 e. The zero-order valence-electron chi connectivity index (χ0n) is 22.5. The Balaban J connectivity index is 1.52. The third-order valence-electron chi connectivity index (χ3n) is 9.16. The minimum Gasteiger partial charge on any atom is -0.316 e. The second kappa shape index (κ2) is 8.04. The molecule has 5 aromatic carbocycles. The summed E-state index contributed by atoms with van der Waals surface area (Å²) < 4.78 is 2.54. The summed E-state index contributed by atoms with van der Waals surface area (Å²) in [4.78, 5) is 5.16. The summed E-state index contributed by atoms with van der Waals surface area (Å²) in [6, 6.07) is 37.7. The summed E-state index contributed by atoms with van der Waals surface area (Å²) in [5, 5.41) is 5.31. The molecule has 0 amide bonds. The molecule has 1 aromatic heterocycles. The molecule has 8 rings (SSSR count). The van der Waals surface area contributed by atoms with Gasteiger partial charge in [-0.3, -0.25) is 4.99 Å². The second-order valence-electron chi connectivity index (χ2n) is 11.6. The van der Waals surface area contributed by atoms with E-state index in [-0.39, 0.29) is 17.5 Å². The summed E-state index contributed by atoms with van der Waals surface area (Å²) >= 11 is 0. The fourth-order valence-corrected chi connectivity index (χ4v) is 7.46. The Morgan fingerprint density at radius 1 is 0.718 bits per heavy atom. The Bertz CT molecular complexity index is 2000. The number of aromatic nitrogens is 1. The molecule has 2 heterocycles. The van der Waals surface area contributed by atoms with Gasteiger partial charge in [0, 0.05) is 33.7 Å². The Morgan fingerprint density at radius 2 is 1.38 bits per heavy atom. The highest BCUT2D eigenvalue weighted by atomic mass is 15.1. The lowest BCUT2D eigenvalue weighted by atomic mass is 9.79. The minimum atomic E-state index is -0.0809. The fourth-order valence-electron chi connectivity index (χ4n) is 7.46. The lowest BCUT2D eigenvalue weighted by Gasteiger charge is -2.29. The van der Waals surface area contributed by atoms with Crippen LogP contribution < -0.4 is 0 Å². The van der Waals surface area contributed by atoms with Crippen LogP contribution in [0.25, 0.3) is 49.3 Å². The first kappa shape index (κ1) is 22.5. The van der Waals surface area contributed by atoms with Crippen LogP contribution in [0.3, 0.4) is 0 Å². The van der Waals surface area contributed by atoms with Crippen LogP contribution in [0.2, 0.25) is 0 Å². The van der Waals surface area contributed by atoms with Crippen molar-refractivity contribution in [2.75, 3.05) is 0 Å². The smallest absolute Gasteiger partial charge is 0.132 e. The average molecular weight is 503 g/mol. The third-order valence-corrected chi connectivity index (χ3v) is 9.16. The maximum atomic E-state index is 5.16. The molecular weight excluding hydrogens is 472 g/mol. The highest BCUT2D eigenvalue weighted by Crippen LogP contribution is 2.56. The first-order valence-corrected chi connectivity index (χ1v) is 13.9. The molecule has 0 radical (unpaired) electrons. The van der Waals surface area contributed by atoms with E-state index in [1.165, 1.54) is 66.0 Å². The molecule has 1 aliphatic carbocycles. The quantitative estimate of drug-likeness (QED) is 0.224. The summed E-state index contributed by atoms with van der Waals surface area (Å²) in [6.45, 7) is 7.10. The van der Waals surface area contributed by atoms with Crippen LogP contribution in [-0.4, -0.2) is 10.8 Å². The standard InChI is InChI=1S/C37H30N2/c1-23-25(24-13-5-4-6-14-24)21-22-38-36(23)39-31-20-12-10-18-29(31)33-32-28-17-9-11-19-30(28)37(2,3)34(32)26-15-7-8-16-27(26)35(33)39/h4-23,36H,1-3H3. The van der Waals surface area contributed by atoms with E-state index in [4.69, 9.17) is 4.99 Å². The molecule has 0 fully saturated rings. The van der Waals surface area contributed by atoms with Crippen LogP contribution in [0.15, 0.2) is 114 Å². The van der Waals surface area contributed by atoms with E-state index in [1.807, 2.05) is 6.21 Å². The van der Waals surface area contributed by atoms with Crippen LogP contribution in [0.5, 0.6) is 0 Å². The number of fused-ring (bicyclic) bond motifs is 10. The van der Waals surface area contributed by atoms with Gasteiger partial charge in [-0.15, -0.1) is 0 Å². The number of hydrogen-bond donors (Lipinski definition) is 0. The lowest BCUT2D eigenvalue weighted by molar-refractivity contribution is 0.457. The van der Waals surface area contributed by atoms with E-state index in [9.17, 15) is 0 Å². The average Bonchev–Trinajstić information content (AvgIpc) is 3.44. The van der Waals surface area contributed by atoms with Gasteiger partial charge in [-0.25, -0.2) is 0 Å². The Labute approximate surface area is 228 Å². The van der Waals surface area contributed by atoms with Gasteiger partial charge in [0.15, 0.2) is 0 Å². The summed E-state index contributed by atoms with van der Waals surface area (Å²) in [7, 11) is 0. The molecule has 0 saturated carbocycles. The van der Waals surface area contributed by atoms with Gasteiger partial charge in [-0.2, -0.15) is 0 Å². The molecule has 2 aliphatic rings. The van der Waals surface area contributed by atoms with Crippen molar-refractivity contribution < 1.29 is 0 Å². The molecule has 1 aliphatic heterocycles. The van der Waals surface area contributed by atoms with Crippen molar-refractivity contribution >= 4 is 44.4 Å². The highest BCUT2D eigenvalue weighted by Gasteiger charge is 2.40. The predicted octanol–water partition coefficient (Wildman–Crippen LogP) is 9.56. The molecule has 188 valence electrons. The maximum absolute atomic E-state index is 5.16. The fraction of sp³-hybridized carbons (Fsp3) is 0.162. The van der Waals surface area contributed by atoms with E-state index >= 15 is 0 Å². The SMILES string of the molecule is CC1C(c2ccccc2)=CC=NC1n1c2ccccc2c2c3c(c4ccccc4c21)C(C)(C)c1ccccc1-3. The molecule has 2 nitrogen and oxygen atoms in total. The topological polar surface area (TPSA) is 17.3 Å². The van der Waals surface area contributed by atoms with Crippen LogP contribution in [0.4, 0.5) is 0 Å². The number of allylic oxidation sites excluding steroid dienone is 1. The van der Waals surface area contributed by atoms with Gasteiger partial charge in [-0.1, -0.05) is 118 Å². The van der Waals surface area contributed by atoms with Crippen molar-refractivity contribution in [3.63, 3.8) is 0 Å². The molecule has 0 spiro atoms. The molecule has 2 atom stereocenters. The van der Waals surface area contributed by atoms with Gasteiger partial charge < -0.3 is 4.57 Å². The molecule has 2 unspecified atom stereocenters. The van der Waals surface area contributed by atoms with Crippen molar-refractivity contribution in [1.29, 1.82) is 0 Å². The molecule has 6 aromatic rings. The number of aliphatic imine (C=N–C) groups is 1. The van der Waals surface area contributed by atoms with E-state index in [0.29, 0.717) is 0 Å². The molecule has 0 bridgehead atoms. The van der Waals surface area contributed by atoms with Gasteiger partial charge in [0.25, 0.3) is 0 Å². The number of rotatable bonds is 2. The van der Waals surface area contributed by atoms with Gasteiger partial charge in [0.05, 0.1) is 11.0 Å². The van der Waals surface area contributed by atoms with E-state index < -0.39 is 0 Å². The highest BCUT2D eigenvalue weighted by molar-refractivity contribution is 6.26. The molecular formula is C37H30N2. The van der Waals surface area contributed by atoms with Crippen molar-refractivity contribution in [3.8, 4) is 11.1 Å². The lowest BCUT2D eigenvalue weighted by Crippen LogP contribution is -2.20. The molecule has 2 heteroatoms. The van der Waals surface area contributed by atoms with Crippen LogP contribution in [0.1, 0.15) is 43.6 Å². The maximum Gasteiger partial charge on any atom is 0.132 e. The monoisotopic (exact) mass is 502 g/mol. The van der Waals surface area contributed by atoms with E-state index in [1.54, 1.807) is 0 Å². The Hall–Kier alpha value is -4.43. The molecule has 0 N–H and O–H groups in total. The third kappa shape index (κ3) is 2.95. The van der Waals surface area contributed by atoms with E-state index in [2.05, 4.69) is 135 Å². The van der Waals surface area contributed by atoms with Crippen molar-refractivity contribution in [2.45, 2.75) is 32.4 Å². The van der Waals surface area contributed by atoms with Crippen LogP contribution >= 0.6 is 0 Å². The zero-order valence-corrected chi connectivity index (χ0v) is 22.5. The summed E-state index contributed by atoms with van der Waals surface area (Å²) in [5.41, 5.74) is 10.7.